The standard InChI is InChI=1S/C14H20N2O2/c1-2-16(11-7-4-3-5-8-11)14(18)12-9-6-10-13(17)15-12/h6,9-11H,2-5,7-8H2,1H3,(H,15,17). The Labute approximate surface area is 107 Å². The molecular weight excluding hydrogens is 228 g/mol. The molecule has 1 aliphatic carbocycles. The van der Waals surface area contributed by atoms with Crippen LogP contribution in [0.5, 0.6) is 0 Å². The summed E-state index contributed by atoms with van der Waals surface area (Å²) in [7, 11) is 0. The summed E-state index contributed by atoms with van der Waals surface area (Å²) in [5, 5.41) is 0. The SMILES string of the molecule is CCN(C(=O)c1cccc(=O)[nH]1)C1CCCCC1. The van der Waals surface area contributed by atoms with Crippen LogP contribution >= 0.6 is 0 Å². The van der Waals surface area contributed by atoms with E-state index in [-0.39, 0.29) is 11.5 Å². The molecule has 0 atom stereocenters. The molecule has 1 saturated carbocycles. The van der Waals surface area contributed by atoms with Gasteiger partial charge in [0.1, 0.15) is 5.69 Å². The van der Waals surface area contributed by atoms with Crippen LogP contribution in [0.2, 0.25) is 0 Å². The fourth-order valence-corrected chi connectivity index (χ4v) is 2.69. The van der Waals surface area contributed by atoms with E-state index in [0.29, 0.717) is 18.3 Å². The van der Waals surface area contributed by atoms with Crippen LogP contribution in [-0.2, 0) is 0 Å². The van der Waals surface area contributed by atoms with Crippen LogP contribution in [0, 0.1) is 0 Å². The molecule has 1 aromatic rings. The molecule has 1 aliphatic rings. The summed E-state index contributed by atoms with van der Waals surface area (Å²) in [5.74, 6) is -0.0536. The minimum atomic E-state index is -0.222. The molecule has 2 rings (SSSR count). The van der Waals surface area contributed by atoms with Crippen molar-refractivity contribution in [3.8, 4) is 0 Å². The van der Waals surface area contributed by atoms with Gasteiger partial charge in [-0.15, -0.1) is 0 Å². The number of aromatic nitrogens is 1. The van der Waals surface area contributed by atoms with Crippen molar-refractivity contribution in [2.75, 3.05) is 6.54 Å². The zero-order valence-electron chi connectivity index (χ0n) is 10.8. The molecule has 0 aromatic carbocycles. The van der Waals surface area contributed by atoms with E-state index in [2.05, 4.69) is 4.98 Å². The molecule has 1 heterocycles. The van der Waals surface area contributed by atoms with Crippen molar-refractivity contribution >= 4 is 5.91 Å². The summed E-state index contributed by atoms with van der Waals surface area (Å²) in [6.07, 6.45) is 5.82. The summed E-state index contributed by atoms with van der Waals surface area (Å²) in [4.78, 5) is 28.1. The molecule has 0 spiro atoms. The Morgan fingerprint density at radius 2 is 2.06 bits per heavy atom. The first-order valence-corrected chi connectivity index (χ1v) is 6.72. The van der Waals surface area contributed by atoms with Gasteiger partial charge in [0.05, 0.1) is 0 Å². The topological polar surface area (TPSA) is 53.2 Å². The lowest BCUT2D eigenvalue weighted by Gasteiger charge is -2.33. The van der Waals surface area contributed by atoms with Crippen molar-refractivity contribution in [1.82, 2.24) is 9.88 Å². The average molecular weight is 248 g/mol. The van der Waals surface area contributed by atoms with E-state index >= 15 is 0 Å². The number of nitrogens with one attached hydrogen (secondary N) is 1. The third-order valence-electron chi connectivity index (χ3n) is 3.62. The monoisotopic (exact) mass is 248 g/mol. The molecule has 0 bridgehead atoms. The van der Waals surface area contributed by atoms with E-state index in [1.165, 1.54) is 25.3 Å². The van der Waals surface area contributed by atoms with Crippen LogP contribution in [0.1, 0.15) is 49.5 Å². The molecule has 0 saturated heterocycles. The Morgan fingerprint density at radius 3 is 2.67 bits per heavy atom. The van der Waals surface area contributed by atoms with Gasteiger partial charge in [-0.3, -0.25) is 9.59 Å². The van der Waals surface area contributed by atoms with Crippen molar-refractivity contribution in [1.29, 1.82) is 0 Å². The number of carbonyl (C=O) groups is 1. The van der Waals surface area contributed by atoms with Gasteiger partial charge in [0, 0.05) is 18.7 Å². The lowest BCUT2D eigenvalue weighted by atomic mass is 9.94. The molecule has 1 aromatic heterocycles. The van der Waals surface area contributed by atoms with Crippen LogP contribution in [0.4, 0.5) is 0 Å². The summed E-state index contributed by atoms with van der Waals surface area (Å²) in [6.45, 7) is 2.69. The molecule has 1 amide bonds. The van der Waals surface area contributed by atoms with Gasteiger partial charge in [-0.1, -0.05) is 25.3 Å². The first-order chi connectivity index (χ1) is 8.72. The molecule has 0 aliphatic heterocycles. The van der Waals surface area contributed by atoms with Gasteiger partial charge < -0.3 is 9.88 Å². The zero-order chi connectivity index (χ0) is 13.0. The highest BCUT2D eigenvalue weighted by Gasteiger charge is 2.25. The van der Waals surface area contributed by atoms with Crippen molar-refractivity contribution in [2.24, 2.45) is 0 Å². The number of hydrogen-bond donors (Lipinski definition) is 1. The van der Waals surface area contributed by atoms with Gasteiger partial charge in [-0.25, -0.2) is 0 Å². The molecular formula is C14H20N2O2. The minimum Gasteiger partial charge on any atom is -0.335 e. The Kier molecular flexibility index (Phi) is 4.18. The lowest BCUT2D eigenvalue weighted by molar-refractivity contribution is 0.0641. The smallest absolute Gasteiger partial charge is 0.270 e. The Bertz CT molecular complexity index is 461. The van der Waals surface area contributed by atoms with Gasteiger partial charge in [-0.05, 0) is 25.8 Å². The van der Waals surface area contributed by atoms with Crippen LogP contribution in [0.3, 0.4) is 0 Å². The predicted octanol–water partition coefficient (Wildman–Crippen LogP) is 2.17. The van der Waals surface area contributed by atoms with E-state index < -0.39 is 0 Å². The molecule has 18 heavy (non-hydrogen) atoms. The Morgan fingerprint density at radius 1 is 1.33 bits per heavy atom. The summed E-state index contributed by atoms with van der Waals surface area (Å²) < 4.78 is 0. The maximum atomic E-state index is 12.4. The second-order valence-electron chi connectivity index (χ2n) is 4.81. The second-order valence-corrected chi connectivity index (χ2v) is 4.81. The molecule has 4 heteroatoms. The molecule has 98 valence electrons. The lowest BCUT2D eigenvalue weighted by Crippen LogP contribution is -2.42. The molecule has 1 N–H and O–H groups in total. The number of aromatic amines is 1. The number of amides is 1. The highest BCUT2D eigenvalue weighted by molar-refractivity contribution is 5.92. The van der Waals surface area contributed by atoms with E-state index in [4.69, 9.17) is 0 Å². The number of carbonyl (C=O) groups excluding carboxylic acids is 1. The summed E-state index contributed by atoms with van der Waals surface area (Å²) in [6, 6.07) is 5.06. The fourth-order valence-electron chi connectivity index (χ4n) is 2.69. The van der Waals surface area contributed by atoms with Gasteiger partial charge >= 0.3 is 0 Å². The number of rotatable bonds is 3. The normalized spacial score (nSPS) is 16.5. The number of pyridine rings is 1. The van der Waals surface area contributed by atoms with Crippen LogP contribution in [0.25, 0.3) is 0 Å². The van der Waals surface area contributed by atoms with E-state index in [0.717, 1.165) is 12.8 Å². The predicted molar refractivity (Wildman–Crippen MR) is 70.6 cm³/mol. The summed E-state index contributed by atoms with van der Waals surface area (Å²) in [5.41, 5.74) is 0.176. The maximum absolute atomic E-state index is 12.4. The van der Waals surface area contributed by atoms with E-state index in [1.54, 1.807) is 12.1 Å². The first kappa shape index (κ1) is 12.9. The van der Waals surface area contributed by atoms with Crippen LogP contribution < -0.4 is 5.56 Å². The summed E-state index contributed by atoms with van der Waals surface area (Å²) >= 11 is 0. The molecule has 4 nitrogen and oxygen atoms in total. The van der Waals surface area contributed by atoms with Crippen LogP contribution in [-0.4, -0.2) is 28.4 Å². The van der Waals surface area contributed by atoms with Gasteiger partial charge in [0.2, 0.25) is 5.56 Å². The quantitative estimate of drug-likeness (QED) is 0.891. The largest absolute Gasteiger partial charge is 0.335 e. The van der Waals surface area contributed by atoms with Crippen LogP contribution in [0.15, 0.2) is 23.0 Å². The minimum absolute atomic E-state index is 0.0536. The molecule has 0 unspecified atom stereocenters. The van der Waals surface area contributed by atoms with Gasteiger partial charge in [0.25, 0.3) is 5.91 Å². The third kappa shape index (κ3) is 2.81. The molecule has 1 fully saturated rings. The van der Waals surface area contributed by atoms with Crippen molar-refractivity contribution < 1.29 is 4.79 Å². The number of nitrogens with zero attached hydrogens (tertiary/aromatic N) is 1. The molecule has 0 radical (unpaired) electrons. The fraction of sp³-hybridized carbons (Fsp3) is 0.571. The average Bonchev–Trinajstić information content (AvgIpc) is 2.41. The van der Waals surface area contributed by atoms with Crippen molar-refractivity contribution in [3.05, 3.63) is 34.2 Å². The Hall–Kier alpha value is -1.58. The van der Waals surface area contributed by atoms with E-state index in [9.17, 15) is 9.59 Å². The second kappa shape index (κ2) is 5.85. The van der Waals surface area contributed by atoms with Crippen molar-refractivity contribution in [2.45, 2.75) is 45.1 Å². The first-order valence-electron chi connectivity index (χ1n) is 6.72. The number of H-pyrrole nitrogens is 1. The number of hydrogen-bond acceptors (Lipinski definition) is 2. The van der Waals surface area contributed by atoms with Gasteiger partial charge in [0.15, 0.2) is 0 Å². The maximum Gasteiger partial charge on any atom is 0.270 e. The van der Waals surface area contributed by atoms with Gasteiger partial charge in [-0.2, -0.15) is 0 Å². The highest BCUT2D eigenvalue weighted by Crippen LogP contribution is 2.23. The highest BCUT2D eigenvalue weighted by atomic mass is 16.2. The van der Waals surface area contributed by atoms with Crippen molar-refractivity contribution in [3.63, 3.8) is 0 Å². The Balaban J connectivity index is 2.16. The zero-order valence-corrected chi connectivity index (χ0v) is 10.8. The van der Waals surface area contributed by atoms with E-state index in [1.807, 2.05) is 11.8 Å². The third-order valence-corrected chi connectivity index (χ3v) is 3.62.